The maximum Gasteiger partial charge on any atom is 0.195 e. The largest absolute Gasteiger partial charge is 0.349 e. The molecule has 0 aromatic carbocycles. The van der Waals surface area contributed by atoms with Crippen molar-refractivity contribution in [2.45, 2.75) is 6.54 Å². The van der Waals surface area contributed by atoms with E-state index in [2.05, 4.69) is 33.1 Å². The lowest BCUT2D eigenvalue weighted by Crippen LogP contribution is -2.35. The van der Waals surface area contributed by atoms with Gasteiger partial charge < -0.3 is 9.80 Å². The Morgan fingerprint density at radius 2 is 1.81 bits per heavy atom. The van der Waals surface area contributed by atoms with Crippen molar-refractivity contribution < 1.29 is 0 Å². The number of hydrogen-bond donors (Lipinski definition) is 0. The molecular weight excluding hydrogens is 401 g/mol. The molecule has 0 N–H and O–H groups in total. The zero-order chi connectivity index (χ0) is 11.4. The van der Waals surface area contributed by atoms with Gasteiger partial charge in [-0.1, -0.05) is 0 Å². The first-order valence-corrected chi connectivity index (χ1v) is 6.25. The molecule has 92 valence electrons. The Bertz CT molecular complexity index is 340. The standard InChI is InChI=1S/C10H16BrN3S.HI/c1-13(2)10(14(3)4)12-7-8-5-6-9(11)15-8;/h5-6H,7H2,1-4H3;1H. The Kier molecular flexibility index (Phi) is 7.58. The van der Waals surface area contributed by atoms with Crippen LogP contribution in [0, 0.1) is 0 Å². The maximum absolute atomic E-state index is 4.56. The summed E-state index contributed by atoms with van der Waals surface area (Å²) >= 11 is 5.17. The number of aliphatic imine (C=N–C) groups is 1. The molecule has 0 radical (unpaired) electrons. The highest BCUT2D eigenvalue weighted by Crippen LogP contribution is 2.22. The number of thiophene rings is 1. The van der Waals surface area contributed by atoms with Crippen LogP contribution in [0.15, 0.2) is 20.9 Å². The molecule has 0 spiro atoms. The van der Waals surface area contributed by atoms with Gasteiger partial charge in [0.2, 0.25) is 0 Å². The second-order valence-corrected chi connectivity index (χ2v) is 6.16. The van der Waals surface area contributed by atoms with Gasteiger partial charge in [-0.05, 0) is 28.1 Å². The van der Waals surface area contributed by atoms with Gasteiger partial charge in [0, 0.05) is 33.1 Å². The van der Waals surface area contributed by atoms with E-state index in [0.717, 1.165) is 16.3 Å². The van der Waals surface area contributed by atoms with Crippen molar-refractivity contribution in [1.29, 1.82) is 0 Å². The first kappa shape index (κ1) is 16.2. The van der Waals surface area contributed by atoms with Crippen LogP contribution in [0.1, 0.15) is 4.88 Å². The van der Waals surface area contributed by atoms with Crippen LogP contribution in [0.3, 0.4) is 0 Å². The molecular formula is C10H17BrIN3S. The SMILES string of the molecule is CN(C)C(=NCc1ccc(Br)s1)N(C)C.I. The third-order valence-corrected chi connectivity index (χ3v) is 3.41. The summed E-state index contributed by atoms with van der Waals surface area (Å²) in [5, 5.41) is 0. The van der Waals surface area contributed by atoms with Crippen LogP contribution in [-0.4, -0.2) is 44.0 Å². The van der Waals surface area contributed by atoms with E-state index in [4.69, 9.17) is 0 Å². The van der Waals surface area contributed by atoms with Crippen LogP contribution < -0.4 is 0 Å². The van der Waals surface area contributed by atoms with E-state index < -0.39 is 0 Å². The highest BCUT2D eigenvalue weighted by atomic mass is 127. The minimum absolute atomic E-state index is 0. The Hall–Kier alpha value is 0.180. The fourth-order valence-corrected chi connectivity index (χ4v) is 2.68. The molecule has 0 aliphatic carbocycles. The molecule has 6 heteroatoms. The van der Waals surface area contributed by atoms with Gasteiger partial charge >= 0.3 is 0 Å². The Morgan fingerprint density at radius 3 is 2.19 bits per heavy atom. The van der Waals surface area contributed by atoms with Crippen molar-refractivity contribution in [1.82, 2.24) is 9.80 Å². The highest BCUT2D eigenvalue weighted by Gasteiger charge is 2.04. The molecule has 0 bridgehead atoms. The molecule has 1 heterocycles. The second kappa shape index (κ2) is 7.50. The molecule has 1 aromatic heterocycles. The zero-order valence-electron chi connectivity index (χ0n) is 9.90. The molecule has 1 rings (SSSR count). The van der Waals surface area contributed by atoms with Crippen LogP contribution in [-0.2, 0) is 6.54 Å². The van der Waals surface area contributed by atoms with Gasteiger partial charge in [-0.2, -0.15) is 0 Å². The molecule has 0 amide bonds. The monoisotopic (exact) mass is 417 g/mol. The van der Waals surface area contributed by atoms with Gasteiger partial charge in [0.1, 0.15) is 0 Å². The van der Waals surface area contributed by atoms with Crippen LogP contribution in [0.5, 0.6) is 0 Å². The Morgan fingerprint density at radius 1 is 1.25 bits per heavy atom. The fraction of sp³-hybridized carbons (Fsp3) is 0.500. The first-order chi connectivity index (χ1) is 7.00. The van der Waals surface area contributed by atoms with Crippen molar-refractivity contribution >= 4 is 57.2 Å². The topological polar surface area (TPSA) is 18.8 Å². The van der Waals surface area contributed by atoms with Crippen LogP contribution in [0.4, 0.5) is 0 Å². The normalized spacial score (nSPS) is 9.31. The summed E-state index contributed by atoms with van der Waals surface area (Å²) in [5.74, 6) is 0.986. The van der Waals surface area contributed by atoms with Gasteiger partial charge in [-0.3, -0.25) is 0 Å². The highest BCUT2D eigenvalue weighted by molar-refractivity contribution is 14.0. The van der Waals surface area contributed by atoms with E-state index in [0.29, 0.717) is 0 Å². The lowest BCUT2D eigenvalue weighted by Gasteiger charge is -2.22. The summed E-state index contributed by atoms with van der Waals surface area (Å²) in [7, 11) is 8.01. The third-order valence-electron chi connectivity index (χ3n) is 1.81. The number of halogens is 2. The first-order valence-electron chi connectivity index (χ1n) is 4.64. The summed E-state index contributed by atoms with van der Waals surface area (Å²) in [4.78, 5) is 9.86. The van der Waals surface area contributed by atoms with Gasteiger partial charge in [0.25, 0.3) is 0 Å². The van der Waals surface area contributed by atoms with E-state index in [1.54, 1.807) is 11.3 Å². The van der Waals surface area contributed by atoms with E-state index in [1.165, 1.54) is 4.88 Å². The van der Waals surface area contributed by atoms with Crippen LogP contribution in [0.2, 0.25) is 0 Å². The molecule has 0 aliphatic rings. The summed E-state index contributed by atoms with van der Waals surface area (Å²) < 4.78 is 1.16. The number of hydrogen-bond acceptors (Lipinski definition) is 2. The molecule has 0 saturated carbocycles. The number of guanidine groups is 1. The Labute approximate surface area is 127 Å². The molecule has 0 saturated heterocycles. The van der Waals surface area contributed by atoms with E-state index in [-0.39, 0.29) is 24.0 Å². The van der Waals surface area contributed by atoms with E-state index >= 15 is 0 Å². The van der Waals surface area contributed by atoms with Crippen molar-refractivity contribution in [3.8, 4) is 0 Å². The van der Waals surface area contributed by atoms with Gasteiger partial charge in [0.05, 0.1) is 10.3 Å². The van der Waals surface area contributed by atoms with Crippen molar-refractivity contribution in [2.24, 2.45) is 4.99 Å². The predicted molar refractivity (Wildman–Crippen MR) is 85.9 cm³/mol. The van der Waals surface area contributed by atoms with Gasteiger partial charge in [-0.15, -0.1) is 35.3 Å². The molecule has 0 aliphatic heterocycles. The summed E-state index contributed by atoms with van der Waals surface area (Å²) in [6.07, 6.45) is 0. The second-order valence-electron chi connectivity index (χ2n) is 3.61. The maximum atomic E-state index is 4.56. The number of nitrogens with zero attached hydrogens (tertiary/aromatic N) is 3. The summed E-state index contributed by atoms with van der Waals surface area (Å²) in [5.41, 5.74) is 0. The van der Waals surface area contributed by atoms with E-state index in [1.807, 2.05) is 38.0 Å². The Balaban J connectivity index is 0.00000225. The van der Waals surface area contributed by atoms with Crippen LogP contribution >= 0.6 is 51.2 Å². The molecule has 3 nitrogen and oxygen atoms in total. The van der Waals surface area contributed by atoms with E-state index in [9.17, 15) is 0 Å². The zero-order valence-corrected chi connectivity index (χ0v) is 14.6. The molecule has 1 aromatic rings. The predicted octanol–water partition coefficient (Wildman–Crippen LogP) is 3.11. The third kappa shape index (κ3) is 5.01. The average molecular weight is 418 g/mol. The van der Waals surface area contributed by atoms with Crippen molar-refractivity contribution in [3.05, 3.63) is 20.8 Å². The smallest absolute Gasteiger partial charge is 0.195 e. The molecule has 0 unspecified atom stereocenters. The summed E-state index contributed by atoms with van der Waals surface area (Å²) in [6.45, 7) is 0.738. The van der Waals surface area contributed by atoms with Gasteiger partial charge in [-0.25, -0.2) is 4.99 Å². The molecule has 16 heavy (non-hydrogen) atoms. The molecule has 0 fully saturated rings. The number of rotatable bonds is 2. The molecule has 0 atom stereocenters. The fourth-order valence-electron chi connectivity index (χ4n) is 1.27. The average Bonchev–Trinajstić information content (AvgIpc) is 2.50. The minimum Gasteiger partial charge on any atom is -0.349 e. The lowest BCUT2D eigenvalue weighted by atomic mass is 10.5. The quantitative estimate of drug-likeness (QED) is 0.418. The minimum atomic E-state index is 0. The van der Waals surface area contributed by atoms with Crippen LogP contribution in [0.25, 0.3) is 0 Å². The summed E-state index contributed by atoms with van der Waals surface area (Å²) in [6, 6.07) is 4.15. The van der Waals surface area contributed by atoms with Crippen molar-refractivity contribution in [2.75, 3.05) is 28.2 Å². The van der Waals surface area contributed by atoms with Gasteiger partial charge in [0.15, 0.2) is 5.96 Å². The lowest BCUT2D eigenvalue weighted by molar-refractivity contribution is 0.479. The van der Waals surface area contributed by atoms with Crippen molar-refractivity contribution in [3.63, 3.8) is 0 Å².